The quantitative estimate of drug-likeness (QED) is 0.564. The molecular weight excluding hydrogens is 347 g/mol. The number of anilines is 3. The van der Waals surface area contributed by atoms with Gasteiger partial charge in [-0.25, -0.2) is 9.37 Å². The number of nitrogens with two attached hydrogens (primary N) is 2. The molecule has 1 unspecified atom stereocenters. The number of hydrogen-bond acceptors (Lipinski definition) is 6. The summed E-state index contributed by atoms with van der Waals surface area (Å²) in [5, 5.41) is 6.03. The highest BCUT2D eigenvalue weighted by Crippen LogP contribution is 2.25. The molecule has 8 heteroatoms. The van der Waals surface area contributed by atoms with Gasteiger partial charge in [0.2, 0.25) is 0 Å². The minimum absolute atomic E-state index is 0.0235. The zero-order chi connectivity index (χ0) is 20.1. The lowest BCUT2D eigenvalue weighted by Gasteiger charge is -2.21. The van der Waals surface area contributed by atoms with Gasteiger partial charge in [-0.3, -0.25) is 9.78 Å². The van der Waals surface area contributed by atoms with Crippen LogP contribution in [0.4, 0.5) is 21.7 Å². The van der Waals surface area contributed by atoms with Crippen LogP contribution in [0, 0.1) is 25.6 Å². The molecule has 2 aromatic rings. The molecule has 1 amide bonds. The Balaban J connectivity index is 2.38. The molecular formula is C19H27FN6O. The summed E-state index contributed by atoms with van der Waals surface area (Å²) in [6.07, 6.45) is 2.38. The fraction of sp³-hybridized carbons (Fsp3) is 0.421. The zero-order valence-electron chi connectivity index (χ0n) is 16.1. The Kier molecular flexibility index (Phi) is 6.68. The third kappa shape index (κ3) is 5.37. The minimum Gasteiger partial charge on any atom is -0.365 e. The number of rotatable bonds is 8. The number of amides is 1. The number of primary amides is 1. The topological polar surface area (TPSA) is 119 Å². The maximum absolute atomic E-state index is 14.5. The first-order valence-corrected chi connectivity index (χ1v) is 8.88. The molecule has 2 rings (SSSR count). The zero-order valence-corrected chi connectivity index (χ0v) is 16.1. The van der Waals surface area contributed by atoms with Crippen molar-refractivity contribution in [2.75, 3.05) is 17.2 Å². The van der Waals surface area contributed by atoms with Crippen LogP contribution in [0.2, 0.25) is 0 Å². The highest BCUT2D eigenvalue weighted by molar-refractivity contribution is 5.98. The van der Waals surface area contributed by atoms with Gasteiger partial charge in [-0.15, -0.1) is 0 Å². The molecule has 27 heavy (non-hydrogen) atoms. The number of nitrogens with zero attached hydrogens (tertiary/aromatic N) is 2. The van der Waals surface area contributed by atoms with E-state index in [1.165, 1.54) is 0 Å². The number of carbonyl (C=O) groups excluding carboxylic acids is 1. The van der Waals surface area contributed by atoms with E-state index in [1.54, 1.807) is 6.20 Å². The number of carbonyl (C=O) groups is 1. The molecule has 0 saturated carbocycles. The average molecular weight is 374 g/mol. The first-order valence-electron chi connectivity index (χ1n) is 8.88. The van der Waals surface area contributed by atoms with Gasteiger partial charge in [-0.2, -0.15) is 0 Å². The maximum atomic E-state index is 14.5. The summed E-state index contributed by atoms with van der Waals surface area (Å²) < 4.78 is 14.5. The van der Waals surface area contributed by atoms with Gasteiger partial charge in [-0.05, 0) is 43.9 Å². The Morgan fingerprint density at radius 2 is 1.96 bits per heavy atom. The SMILES string of the molecule is Cc1cc(Nc2nc(NC(CN)CC(C)C)c(F)cc2C(N)=O)cnc1C. The van der Waals surface area contributed by atoms with E-state index in [0.717, 1.165) is 23.7 Å². The maximum Gasteiger partial charge on any atom is 0.252 e. The van der Waals surface area contributed by atoms with Gasteiger partial charge in [0.25, 0.3) is 5.91 Å². The van der Waals surface area contributed by atoms with Crippen LogP contribution in [0.15, 0.2) is 18.3 Å². The van der Waals surface area contributed by atoms with Crippen molar-refractivity contribution in [1.29, 1.82) is 0 Å². The molecule has 2 heterocycles. The number of aromatic nitrogens is 2. The van der Waals surface area contributed by atoms with Crippen LogP contribution in [0.5, 0.6) is 0 Å². The van der Waals surface area contributed by atoms with Crippen molar-refractivity contribution in [3.63, 3.8) is 0 Å². The van der Waals surface area contributed by atoms with Gasteiger partial charge in [0.15, 0.2) is 11.6 Å². The summed E-state index contributed by atoms with van der Waals surface area (Å²) in [6.45, 7) is 8.27. The molecule has 0 bridgehead atoms. The molecule has 146 valence electrons. The van der Waals surface area contributed by atoms with Crippen molar-refractivity contribution in [2.45, 2.75) is 40.2 Å². The molecule has 0 spiro atoms. The summed E-state index contributed by atoms with van der Waals surface area (Å²) in [6, 6.07) is 2.81. The summed E-state index contributed by atoms with van der Waals surface area (Å²) in [7, 11) is 0. The largest absolute Gasteiger partial charge is 0.365 e. The van der Waals surface area contributed by atoms with Crippen LogP contribution < -0.4 is 22.1 Å². The van der Waals surface area contributed by atoms with E-state index in [-0.39, 0.29) is 23.2 Å². The molecule has 0 saturated heterocycles. The smallest absolute Gasteiger partial charge is 0.252 e. The van der Waals surface area contributed by atoms with E-state index in [2.05, 4.69) is 34.4 Å². The van der Waals surface area contributed by atoms with E-state index in [4.69, 9.17) is 11.5 Å². The summed E-state index contributed by atoms with van der Waals surface area (Å²) >= 11 is 0. The molecule has 0 radical (unpaired) electrons. The molecule has 7 nitrogen and oxygen atoms in total. The number of pyridine rings is 2. The second-order valence-electron chi connectivity index (χ2n) is 7.04. The van der Waals surface area contributed by atoms with Crippen molar-refractivity contribution in [1.82, 2.24) is 9.97 Å². The third-order valence-corrected chi connectivity index (χ3v) is 4.23. The van der Waals surface area contributed by atoms with E-state index < -0.39 is 11.7 Å². The third-order valence-electron chi connectivity index (χ3n) is 4.23. The van der Waals surface area contributed by atoms with Crippen LogP contribution in [-0.4, -0.2) is 28.5 Å². The average Bonchev–Trinajstić information content (AvgIpc) is 2.59. The molecule has 1 atom stereocenters. The van der Waals surface area contributed by atoms with Gasteiger partial charge < -0.3 is 22.1 Å². The van der Waals surface area contributed by atoms with Gasteiger partial charge in [-0.1, -0.05) is 13.8 Å². The molecule has 0 aliphatic carbocycles. The lowest BCUT2D eigenvalue weighted by molar-refractivity contribution is 0.100. The summed E-state index contributed by atoms with van der Waals surface area (Å²) in [5.74, 6) is -0.857. The fourth-order valence-electron chi connectivity index (χ4n) is 2.70. The predicted molar refractivity (Wildman–Crippen MR) is 106 cm³/mol. The van der Waals surface area contributed by atoms with Crippen molar-refractivity contribution in [3.8, 4) is 0 Å². The fourth-order valence-corrected chi connectivity index (χ4v) is 2.70. The molecule has 0 fully saturated rings. The lowest BCUT2D eigenvalue weighted by Crippen LogP contribution is -2.31. The molecule has 0 aliphatic rings. The van der Waals surface area contributed by atoms with Gasteiger partial charge in [0, 0.05) is 18.3 Å². The lowest BCUT2D eigenvalue weighted by atomic mass is 10.0. The molecule has 2 aromatic heterocycles. The Morgan fingerprint density at radius 1 is 1.26 bits per heavy atom. The Bertz CT molecular complexity index is 824. The Hall–Kier alpha value is -2.74. The second-order valence-corrected chi connectivity index (χ2v) is 7.04. The first-order chi connectivity index (χ1) is 12.7. The number of hydrogen-bond donors (Lipinski definition) is 4. The monoisotopic (exact) mass is 374 g/mol. The Morgan fingerprint density at radius 3 is 2.52 bits per heavy atom. The van der Waals surface area contributed by atoms with Crippen molar-refractivity contribution < 1.29 is 9.18 Å². The van der Waals surface area contributed by atoms with Crippen molar-refractivity contribution >= 4 is 23.2 Å². The van der Waals surface area contributed by atoms with Crippen LogP contribution in [0.3, 0.4) is 0 Å². The summed E-state index contributed by atoms with van der Waals surface area (Å²) in [5.41, 5.74) is 13.6. The van der Waals surface area contributed by atoms with Crippen LogP contribution in [-0.2, 0) is 0 Å². The number of aryl methyl sites for hydroxylation is 2. The van der Waals surface area contributed by atoms with E-state index in [0.29, 0.717) is 18.2 Å². The second kappa shape index (κ2) is 8.77. The van der Waals surface area contributed by atoms with Crippen LogP contribution in [0.25, 0.3) is 0 Å². The van der Waals surface area contributed by atoms with Gasteiger partial charge in [0.05, 0.1) is 17.4 Å². The van der Waals surface area contributed by atoms with Gasteiger partial charge >= 0.3 is 0 Å². The van der Waals surface area contributed by atoms with E-state index in [1.807, 2.05) is 19.9 Å². The molecule has 0 aliphatic heterocycles. The van der Waals surface area contributed by atoms with Gasteiger partial charge in [0.1, 0.15) is 5.82 Å². The van der Waals surface area contributed by atoms with E-state index in [9.17, 15) is 9.18 Å². The standard InChI is InChI=1S/C19H27FN6O/c1-10(2)5-13(8-21)24-19-16(20)7-15(17(22)27)18(26-19)25-14-6-11(3)12(4)23-9-14/h6-7,9-10,13H,5,8,21H2,1-4H3,(H2,22,27)(H2,24,25,26). The number of halogens is 1. The normalized spacial score (nSPS) is 12.1. The van der Waals surface area contributed by atoms with Crippen LogP contribution >= 0.6 is 0 Å². The van der Waals surface area contributed by atoms with Crippen molar-refractivity contribution in [3.05, 3.63) is 41.0 Å². The Labute approximate surface area is 158 Å². The van der Waals surface area contributed by atoms with E-state index >= 15 is 0 Å². The first kappa shape index (κ1) is 20.6. The highest BCUT2D eigenvalue weighted by atomic mass is 19.1. The number of nitrogens with one attached hydrogen (secondary N) is 2. The summed E-state index contributed by atoms with van der Waals surface area (Å²) in [4.78, 5) is 20.3. The molecule has 6 N–H and O–H groups in total. The van der Waals surface area contributed by atoms with Crippen LogP contribution in [0.1, 0.15) is 41.9 Å². The van der Waals surface area contributed by atoms with Crippen molar-refractivity contribution in [2.24, 2.45) is 17.4 Å². The minimum atomic E-state index is -0.773. The molecule has 0 aromatic carbocycles. The predicted octanol–water partition coefficient (Wildman–Crippen LogP) is 2.86. The highest BCUT2D eigenvalue weighted by Gasteiger charge is 2.19.